The average Bonchev–Trinajstić information content (AvgIpc) is 3.27. The van der Waals surface area contributed by atoms with E-state index in [1.807, 2.05) is 48.5 Å². The van der Waals surface area contributed by atoms with Crippen LogP contribution in [0.2, 0.25) is 0 Å². The Balaban J connectivity index is 1.20. The van der Waals surface area contributed by atoms with Crippen molar-refractivity contribution in [2.45, 2.75) is 6.10 Å². The average molecular weight is 383 g/mol. The first kappa shape index (κ1) is 17.4. The largest absolute Gasteiger partial charge is 0.487 e. The van der Waals surface area contributed by atoms with E-state index in [0.29, 0.717) is 0 Å². The van der Waals surface area contributed by atoms with Gasteiger partial charge in [-0.1, -0.05) is 12.1 Å². The first-order chi connectivity index (χ1) is 14.3. The van der Waals surface area contributed by atoms with E-state index in [0.717, 1.165) is 30.3 Å². The van der Waals surface area contributed by atoms with Crippen molar-refractivity contribution in [3.63, 3.8) is 0 Å². The van der Waals surface area contributed by atoms with Crippen molar-refractivity contribution in [2.24, 2.45) is 0 Å². The van der Waals surface area contributed by atoms with Gasteiger partial charge in [0.15, 0.2) is 0 Å². The van der Waals surface area contributed by atoms with Gasteiger partial charge in [0, 0.05) is 18.6 Å². The predicted molar refractivity (Wildman–Crippen MR) is 113 cm³/mol. The molecule has 0 spiro atoms. The first-order valence-electron chi connectivity index (χ1n) is 9.67. The number of aromatic nitrogens is 2. The third kappa shape index (κ3) is 3.80. The van der Waals surface area contributed by atoms with Crippen LogP contribution in [0.25, 0.3) is 5.69 Å². The normalized spacial score (nSPS) is 13.7. The van der Waals surface area contributed by atoms with Gasteiger partial charge in [0.2, 0.25) is 0 Å². The Morgan fingerprint density at radius 1 is 0.724 bits per heavy atom. The minimum atomic E-state index is 0.179. The summed E-state index contributed by atoms with van der Waals surface area (Å²) in [5.74, 6) is 2.34. The monoisotopic (exact) mass is 383 g/mol. The Labute approximate surface area is 169 Å². The van der Waals surface area contributed by atoms with Crippen LogP contribution >= 0.6 is 0 Å². The second-order valence-corrected chi connectivity index (χ2v) is 6.99. The van der Waals surface area contributed by atoms with Crippen LogP contribution in [0.3, 0.4) is 0 Å². The van der Waals surface area contributed by atoms with Gasteiger partial charge in [-0.3, -0.25) is 4.98 Å². The molecule has 4 aromatic rings. The SMILES string of the molecule is c1cncc(Oc2ccc(OC3CN(c4ccccc4-n4cccc4)C3)cc2)c1. The van der Waals surface area contributed by atoms with Crippen molar-refractivity contribution in [1.82, 2.24) is 9.55 Å². The van der Waals surface area contributed by atoms with E-state index in [1.165, 1.54) is 11.4 Å². The molecule has 1 aliphatic rings. The van der Waals surface area contributed by atoms with Crippen LogP contribution < -0.4 is 14.4 Å². The highest BCUT2D eigenvalue weighted by atomic mass is 16.5. The van der Waals surface area contributed by atoms with Crippen molar-refractivity contribution < 1.29 is 9.47 Å². The Morgan fingerprint density at radius 3 is 2.17 bits per heavy atom. The van der Waals surface area contributed by atoms with Gasteiger partial charge in [-0.15, -0.1) is 0 Å². The molecular weight excluding hydrogens is 362 g/mol. The fourth-order valence-corrected chi connectivity index (χ4v) is 3.48. The summed E-state index contributed by atoms with van der Waals surface area (Å²) in [5, 5.41) is 0. The van der Waals surface area contributed by atoms with Crippen molar-refractivity contribution in [3.8, 4) is 22.9 Å². The summed E-state index contributed by atoms with van der Waals surface area (Å²) >= 11 is 0. The van der Waals surface area contributed by atoms with Gasteiger partial charge >= 0.3 is 0 Å². The summed E-state index contributed by atoms with van der Waals surface area (Å²) in [7, 11) is 0. The summed E-state index contributed by atoms with van der Waals surface area (Å²) in [6.45, 7) is 1.73. The molecule has 0 atom stereocenters. The lowest BCUT2D eigenvalue weighted by Crippen LogP contribution is -2.54. The number of para-hydroxylation sites is 2. The smallest absolute Gasteiger partial charge is 0.145 e. The number of pyridine rings is 1. The Hall–Kier alpha value is -3.73. The van der Waals surface area contributed by atoms with Crippen molar-refractivity contribution >= 4 is 5.69 Å². The van der Waals surface area contributed by atoms with Gasteiger partial charge in [-0.25, -0.2) is 0 Å². The summed E-state index contributed by atoms with van der Waals surface area (Å²) < 4.78 is 14.0. The number of hydrogen-bond donors (Lipinski definition) is 0. The third-order valence-corrected chi connectivity index (χ3v) is 4.95. The summed E-state index contributed by atoms with van der Waals surface area (Å²) in [5.41, 5.74) is 2.41. The lowest BCUT2D eigenvalue weighted by molar-refractivity contribution is 0.167. The molecule has 0 radical (unpaired) electrons. The van der Waals surface area contributed by atoms with Gasteiger partial charge in [-0.2, -0.15) is 0 Å². The number of anilines is 1. The van der Waals surface area contributed by atoms with E-state index >= 15 is 0 Å². The van der Waals surface area contributed by atoms with Gasteiger partial charge in [-0.05, 0) is 60.7 Å². The summed E-state index contributed by atoms with van der Waals surface area (Å²) in [6.07, 6.45) is 7.74. The van der Waals surface area contributed by atoms with Crippen molar-refractivity contribution in [2.75, 3.05) is 18.0 Å². The molecule has 0 amide bonds. The van der Waals surface area contributed by atoms with E-state index in [2.05, 4.69) is 51.1 Å². The Bertz CT molecular complexity index is 1060. The highest BCUT2D eigenvalue weighted by Crippen LogP contribution is 2.30. The number of rotatable bonds is 6. The zero-order valence-corrected chi connectivity index (χ0v) is 15.9. The molecule has 1 fully saturated rings. The summed E-state index contributed by atoms with van der Waals surface area (Å²) in [4.78, 5) is 6.40. The standard InChI is InChI=1S/C24H21N3O2/c1-2-8-24(23(7-1)26-14-3-4-15-26)27-17-22(18-27)29-20-11-9-19(10-12-20)28-21-6-5-13-25-16-21/h1-16,22H,17-18H2. The fraction of sp³-hybridized carbons (Fsp3) is 0.125. The molecule has 1 aliphatic heterocycles. The predicted octanol–water partition coefficient (Wildman–Crippen LogP) is 4.93. The minimum absolute atomic E-state index is 0.179. The minimum Gasteiger partial charge on any atom is -0.487 e. The second-order valence-electron chi connectivity index (χ2n) is 6.99. The zero-order valence-electron chi connectivity index (χ0n) is 15.9. The van der Waals surface area contributed by atoms with E-state index in [1.54, 1.807) is 12.4 Å². The maximum Gasteiger partial charge on any atom is 0.145 e. The second kappa shape index (κ2) is 7.72. The third-order valence-electron chi connectivity index (χ3n) is 4.95. The zero-order chi connectivity index (χ0) is 19.5. The molecule has 2 aromatic carbocycles. The van der Waals surface area contributed by atoms with E-state index in [4.69, 9.17) is 9.47 Å². The molecular formula is C24H21N3O2. The van der Waals surface area contributed by atoms with E-state index in [-0.39, 0.29) is 6.10 Å². The molecule has 5 rings (SSSR count). The summed E-state index contributed by atoms with van der Waals surface area (Å²) in [6, 6.07) is 24.0. The van der Waals surface area contributed by atoms with E-state index in [9.17, 15) is 0 Å². The Kier molecular flexibility index (Phi) is 4.62. The van der Waals surface area contributed by atoms with Gasteiger partial charge in [0.1, 0.15) is 23.4 Å². The van der Waals surface area contributed by atoms with Crippen LogP contribution in [-0.4, -0.2) is 28.7 Å². The van der Waals surface area contributed by atoms with Crippen LogP contribution in [0.5, 0.6) is 17.2 Å². The maximum atomic E-state index is 6.12. The number of hydrogen-bond acceptors (Lipinski definition) is 4. The molecule has 0 bridgehead atoms. The molecule has 144 valence electrons. The first-order valence-corrected chi connectivity index (χ1v) is 9.67. The van der Waals surface area contributed by atoms with Crippen LogP contribution in [-0.2, 0) is 0 Å². The van der Waals surface area contributed by atoms with Crippen LogP contribution in [0, 0.1) is 0 Å². The van der Waals surface area contributed by atoms with Gasteiger partial charge in [0.05, 0.1) is 30.7 Å². The molecule has 2 aromatic heterocycles. The van der Waals surface area contributed by atoms with Gasteiger partial charge < -0.3 is 18.9 Å². The maximum absolute atomic E-state index is 6.12. The lowest BCUT2D eigenvalue weighted by Gasteiger charge is -2.41. The molecule has 5 nitrogen and oxygen atoms in total. The molecule has 29 heavy (non-hydrogen) atoms. The quantitative estimate of drug-likeness (QED) is 0.473. The molecule has 0 unspecified atom stereocenters. The lowest BCUT2D eigenvalue weighted by atomic mass is 10.1. The fourth-order valence-electron chi connectivity index (χ4n) is 3.48. The highest BCUT2D eigenvalue weighted by Gasteiger charge is 2.30. The van der Waals surface area contributed by atoms with Crippen LogP contribution in [0.4, 0.5) is 5.69 Å². The molecule has 3 heterocycles. The highest BCUT2D eigenvalue weighted by molar-refractivity contribution is 5.64. The molecule has 0 saturated carbocycles. The van der Waals surface area contributed by atoms with Gasteiger partial charge in [0.25, 0.3) is 0 Å². The molecule has 0 N–H and O–H groups in total. The van der Waals surface area contributed by atoms with Crippen LogP contribution in [0.15, 0.2) is 97.6 Å². The van der Waals surface area contributed by atoms with Crippen molar-refractivity contribution in [3.05, 3.63) is 97.6 Å². The molecule has 0 aliphatic carbocycles. The topological polar surface area (TPSA) is 39.5 Å². The van der Waals surface area contributed by atoms with E-state index < -0.39 is 0 Å². The van der Waals surface area contributed by atoms with Crippen molar-refractivity contribution in [1.29, 1.82) is 0 Å². The number of ether oxygens (including phenoxy) is 2. The molecule has 1 saturated heterocycles. The number of nitrogens with zero attached hydrogens (tertiary/aromatic N) is 3. The molecule has 5 heteroatoms. The Morgan fingerprint density at radius 2 is 1.45 bits per heavy atom. The van der Waals surface area contributed by atoms with Crippen LogP contribution in [0.1, 0.15) is 0 Å². The number of benzene rings is 2.